The maximum atomic E-state index is 6.16. The van der Waals surface area contributed by atoms with Crippen LogP contribution in [-0.2, 0) is 6.54 Å². The molecule has 2 aromatic rings. The van der Waals surface area contributed by atoms with Crippen LogP contribution >= 0.6 is 39.1 Å². The monoisotopic (exact) mass is 388 g/mol. The van der Waals surface area contributed by atoms with Gasteiger partial charge in [0.05, 0.1) is 10.0 Å². The molecule has 112 valence electrons. The van der Waals surface area contributed by atoms with Crippen LogP contribution in [0.4, 0.5) is 0 Å². The second kappa shape index (κ2) is 6.97. The fourth-order valence-corrected chi connectivity index (χ4v) is 2.57. The summed E-state index contributed by atoms with van der Waals surface area (Å²) in [6.45, 7) is 4.55. The molecular formula is C15H15BrCl2N2O. The summed E-state index contributed by atoms with van der Waals surface area (Å²) in [6, 6.07) is 7.13. The minimum atomic E-state index is 0.280. The van der Waals surface area contributed by atoms with Crippen molar-refractivity contribution in [2.75, 3.05) is 0 Å². The van der Waals surface area contributed by atoms with Crippen LogP contribution in [0.2, 0.25) is 10.0 Å². The molecular weight excluding hydrogens is 375 g/mol. The predicted molar refractivity (Wildman–Crippen MR) is 90.5 cm³/mol. The summed E-state index contributed by atoms with van der Waals surface area (Å²) in [7, 11) is 0. The van der Waals surface area contributed by atoms with E-state index in [0.717, 1.165) is 11.3 Å². The average molecular weight is 390 g/mol. The predicted octanol–water partition coefficient (Wildman–Crippen LogP) is 5.53. The summed E-state index contributed by atoms with van der Waals surface area (Å²) >= 11 is 15.5. The molecule has 0 aliphatic heterocycles. The summed E-state index contributed by atoms with van der Waals surface area (Å²) in [4.78, 5) is 4.48. The van der Waals surface area contributed by atoms with E-state index >= 15 is 0 Å². The van der Waals surface area contributed by atoms with E-state index in [1.807, 2.05) is 6.07 Å². The molecule has 1 aromatic heterocycles. The molecule has 0 spiro atoms. The topological polar surface area (TPSA) is 48.1 Å². The lowest BCUT2D eigenvalue weighted by atomic mass is 10.1. The number of nitrogens with two attached hydrogens (primary N) is 1. The highest BCUT2D eigenvalue weighted by molar-refractivity contribution is 9.10. The lowest BCUT2D eigenvalue weighted by Gasteiger charge is -2.12. The first kappa shape index (κ1) is 16.6. The SMILES string of the molecule is CC(C)c1cc(CN)cc(Oc2cc(Cl)c(Br)cc2Cl)n1. The van der Waals surface area contributed by atoms with Crippen molar-refractivity contribution in [2.24, 2.45) is 5.73 Å². The van der Waals surface area contributed by atoms with Crippen molar-refractivity contribution in [3.05, 3.63) is 50.0 Å². The Morgan fingerprint density at radius 1 is 1.19 bits per heavy atom. The van der Waals surface area contributed by atoms with Gasteiger partial charge in [-0.3, -0.25) is 0 Å². The molecule has 0 saturated carbocycles. The number of hydrogen-bond donors (Lipinski definition) is 1. The fraction of sp³-hybridized carbons (Fsp3) is 0.267. The summed E-state index contributed by atoms with van der Waals surface area (Å²) in [5, 5.41) is 0.978. The van der Waals surface area contributed by atoms with Gasteiger partial charge in [0.2, 0.25) is 5.88 Å². The van der Waals surface area contributed by atoms with Crippen molar-refractivity contribution in [3.63, 3.8) is 0 Å². The summed E-state index contributed by atoms with van der Waals surface area (Å²) in [6.07, 6.45) is 0. The zero-order valence-electron chi connectivity index (χ0n) is 11.7. The Kier molecular flexibility index (Phi) is 5.49. The van der Waals surface area contributed by atoms with Crippen molar-refractivity contribution >= 4 is 39.1 Å². The third-order valence-corrected chi connectivity index (χ3v) is 4.39. The van der Waals surface area contributed by atoms with Gasteiger partial charge in [0.25, 0.3) is 0 Å². The molecule has 1 heterocycles. The molecule has 0 bridgehead atoms. The van der Waals surface area contributed by atoms with E-state index < -0.39 is 0 Å². The van der Waals surface area contributed by atoms with Crippen molar-refractivity contribution in [1.82, 2.24) is 4.98 Å². The molecule has 0 saturated heterocycles. The highest BCUT2D eigenvalue weighted by Gasteiger charge is 2.11. The van der Waals surface area contributed by atoms with Crippen molar-refractivity contribution < 1.29 is 4.74 Å². The summed E-state index contributed by atoms with van der Waals surface area (Å²) in [5.74, 6) is 1.20. The van der Waals surface area contributed by atoms with Crippen LogP contribution in [0, 0.1) is 0 Å². The first-order valence-corrected chi connectivity index (χ1v) is 7.99. The molecule has 1 aromatic carbocycles. The molecule has 2 rings (SSSR count). The molecule has 3 nitrogen and oxygen atoms in total. The molecule has 0 radical (unpaired) electrons. The first-order chi connectivity index (χ1) is 9.90. The standard InChI is InChI=1S/C15H15BrCl2N2O/c1-8(2)13-3-9(7-19)4-15(20-13)21-14-6-11(17)10(16)5-12(14)18/h3-6,8H,7,19H2,1-2H3. The van der Waals surface area contributed by atoms with Gasteiger partial charge in [0, 0.05) is 28.8 Å². The Morgan fingerprint density at radius 2 is 1.90 bits per heavy atom. The van der Waals surface area contributed by atoms with Gasteiger partial charge in [-0.2, -0.15) is 0 Å². The second-order valence-corrected chi connectivity index (χ2v) is 6.56. The Morgan fingerprint density at radius 3 is 2.52 bits per heavy atom. The zero-order valence-corrected chi connectivity index (χ0v) is 14.8. The third-order valence-electron chi connectivity index (χ3n) is 2.90. The van der Waals surface area contributed by atoms with Crippen LogP contribution in [-0.4, -0.2) is 4.98 Å². The quantitative estimate of drug-likeness (QED) is 0.699. The van der Waals surface area contributed by atoms with Crippen molar-refractivity contribution in [3.8, 4) is 11.6 Å². The smallest absolute Gasteiger partial charge is 0.219 e. The minimum absolute atomic E-state index is 0.280. The van der Waals surface area contributed by atoms with Crippen LogP contribution in [0.5, 0.6) is 11.6 Å². The molecule has 2 N–H and O–H groups in total. The number of rotatable bonds is 4. The summed E-state index contributed by atoms with van der Waals surface area (Å²) < 4.78 is 6.49. The average Bonchev–Trinajstić information content (AvgIpc) is 2.44. The molecule has 0 aliphatic carbocycles. The van der Waals surface area contributed by atoms with Gasteiger partial charge < -0.3 is 10.5 Å². The van der Waals surface area contributed by atoms with Gasteiger partial charge in [-0.1, -0.05) is 37.0 Å². The Hall–Kier alpha value is -0.810. The van der Waals surface area contributed by atoms with Crippen molar-refractivity contribution in [1.29, 1.82) is 0 Å². The van der Waals surface area contributed by atoms with Gasteiger partial charge in [-0.25, -0.2) is 4.98 Å². The highest BCUT2D eigenvalue weighted by atomic mass is 79.9. The van der Waals surface area contributed by atoms with Gasteiger partial charge in [0.15, 0.2) is 0 Å². The largest absolute Gasteiger partial charge is 0.437 e. The number of hydrogen-bond acceptors (Lipinski definition) is 3. The van der Waals surface area contributed by atoms with Gasteiger partial charge in [-0.15, -0.1) is 0 Å². The van der Waals surface area contributed by atoms with Crippen LogP contribution in [0.25, 0.3) is 0 Å². The van der Waals surface area contributed by atoms with E-state index in [1.165, 1.54) is 0 Å². The number of halogens is 3. The van der Waals surface area contributed by atoms with Crippen LogP contribution in [0.3, 0.4) is 0 Å². The summed E-state index contributed by atoms with van der Waals surface area (Å²) in [5.41, 5.74) is 7.60. The van der Waals surface area contributed by atoms with E-state index in [2.05, 4.69) is 34.8 Å². The Balaban J connectivity index is 2.39. The zero-order chi connectivity index (χ0) is 15.6. The van der Waals surface area contributed by atoms with E-state index in [9.17, 15) is 0 Å². The molecule has 6 heteroatoms. The minimum Gasteiger partial charge on any atom is -0.437 e. The number of benzene rings is 1. The Bertz CT molecular complexity index is 662. The molecule has 0 amide bonds. The maximum absolute atomic E-state index is 6.16. The molecule has 0 unspecified atom stereocenters. The van der Waals surface area contributed by atoms with Crippen LogP contribution in [0.15, 0.2) is 28.7 Å². The fourth-order valence-electron chi connectivity index (χ4n) is 1.74. The number of nitrogens with zero attached hydrogens (tertiary/aromatic N) is 1. The van der Waals surface area contributed by atoms with Crippen LogP contribution < -0.4 is 10.5 Å². The van der Waals surface area contributed by atoms with Gasteiger partial charge >= 0.3 is 0 Å². The number of ether oxygens (including phenoxy) is 1. The number of pyridine rings is 1. The lowest BCUT2D eigenvalue weighted by molar-refractivity contribution is 0.459. The molecule has 0 fully saturated rings. The Labute approximate surface area is 142 Å². The molecule has 0 aliphatic rings. The lowest BCUT2D eigenvalue weighted by Crippen LogP contribution is -2.02. The second-order valence-electron chi connectivity index (χ2n) is 4.90. The van der Waals surface area contributed by atoms with Gasteiger partial charge in [0.1, 0.15) is 5.75 Å². The van der Waals surface area contributed by atoms with Gasteiger partial charge in [-0.05, 0) is 39.5 Å². The van der Waals surface area contributed by atoms with Crippen molar-refractivity contribution in [2.45, 2.75) is 26.3 Å². The van der Waals surface area contributed by atoms with E-state index in [0.29, 0.717) is 32.7 Å². The highest BCUT2D eigenvalue weighted by Crippen LogP contribution is 2.36. The normalized spacial score (nSPS) is 11.0. The first-order valence-electron chi connectivity index (χ1n) is 6.44. The molecule has 21 heavy (non-hydrogen) atoms. The van der Waals surface area contributed by atoms with Crippen LogP contribution in [0.1, 0.15) is 31.0 Å². The third kappa shape index (κ3) is 4.10. The maximum Gasteiger partial charge on any atom is 0.219 e. The van der Waals surface area contributed by atoms with E-state index in [1.54, 1.807) is 18.2 Å². The van der Waals surface area contributed by atoms with E-state index in [4.69, 9.17) is 33.7 Å². The van der Waals surface area contributed by atoms with E-state index in [-0.39, 0.29) is 5.92 Å². The molecule has 0 atom stereocenters. The number of aromatic nitrogens is 1.